The summed E-state index contributed by atoms with van der Waals surface area (Å²) in [6.45, 7) is 15.4. The lowest BCUT2D eigenvalue weighted by molar-refractivity contribution is -0.160. The van der Waals surface area contributed by atoms with Gasteiger partial charge in [0.2, 0.25) is 0 Å². The molecule has 16 nitrogen and oxygen atoms in total. The van der Waals surface area contributed by atoms with Crippen molar-refractivity contribution in [2.75, 3.05) is 159 Å². The summed E-state index contributed by atoms with van der Waals surface area (Å²) in [5.41, 5.74) is 4.24. The molecule has 0 saturated heterocycles. The summed E-state index contributed by atoms with van der Waals surface area (Å²) in [5.74, 6) is -0.359. The van der Waals surface area contributed by atoms with Crippen LogP contribution in [0.4, 0.5) is 4.79 Å². The van der Waals surface area contributed by atoms with Gasteiger partial charge in [0, 0.05) is 12.5 Å². The van der Waals surface area contributed by atoms with Gasteiger partial charge in [0.1, 0.15) is 18.8 Å². The van der Waals surface area contributed by atoms with E-state index in [0.717, 1.165) is 0 Å². The van der Waals surface area contributed by atoms with E-state index in [2.05, 4.69) is 29.6 Å². The summed E-state index contributed by atoms with van der Waals surface area (Å²) in [5, 5.41) is 2.74. The Morgan fingerprint density at radius 3 is 1.15 bits per heavy atom. The number of esters is 1. The van der Waals surface area contributed by atoms with Crippen LogP contribution < -0.4 is 5.32 Å². The predicted octanol–water partition coefficient (Wildman–Crippen LogP) is 4.05. The molecule has 1 N–H and O–H groups in total. The fraction of sp³-hybridized carbons (Fsp3) is 0.674. The van der Waals surface area contributed by atoms with Crippen LogP contribution in [0.3, 0.4) is 0 Å². The lowest BCUT2D eigenvalue weighted by Gasteiger charge is -2.19. The highest BCUT2D eigenvalue weighted by atomic mass is 16.6. The van der Waals surface area contributed by atoms with Crippen LogP contribution in [0.15, 0.2) is 48.5 Å². The number of carbonyl (C=O) groups is 2. The third-order valence-electron chi connectivity index (χ3n) is 8.22. The number of benzene rings is 2. The average molecular weight is 838 g/mol. The number of fused-ring (bicyclic) bond motifs is 3. The standard InChI is InChI=1S/C43H67NO15/c1-43(2,3)59-41(45)35-57-33-32-56-31-30-55-29-28-54-27-26-53-25-24-52-23-22-51-21-20-50-19-18-49-17-16-48-15-14-47-13-12-44-42(46)58-34-40-38-10-6-4-8-36(38)37-9-5-7-11-39(37)40/h4-11,40H,12-35H2,1-3H3,(H,44,46). The van der Waals surface area contributed by atoms with Gasteiger partial charge in [-0.3, -0.25) is 0 Å². The molecule has 0 atom stereocenters. The van der Waals surface area contributed by atoms with Crippen molar-refractivity contribution in [3.8, 4) is 11.1 Å². The summed E-state index contributed by atoms with van der Waals surface area (Å²) >= 11 is 0. The normalized spacial score (nSPS) is 12.4. The summed E-state index contributed by atoms with van der Waals surface area (Å²) in [4.78, 5) is 23.8. The number of rotatable bonds is 37. The number of hydrogen-bond donors (Lipinski definition) is 1. The van der Waals surface area contributed by atoms with Gasteiger partial charge in [-0.25, -0.2) is 9.59 Å². The van der Waals surface area contributed by atoms with Gasteiger partial charge in [-0.05, 0) is 43.0 Å². The van der Waals surface area contributed by atoms with Crippen molar-refractivity contribution in [1.29, 1.82) is 0 Å². The fourth-order valence-electron chi connectivity index (χ4n) is 5.60. The van der Waals surface area contributed by atoms with E-state index in [-0.39, 0.29) is 19.1 Å². The number of hydrogen-bond acceptors (Lipinski definition) is 15. The second-order valence-electron chi connectivity index (χ2n) is 14.0. The largest absolute Gasteiger partial charge is 0.458 e. The zero-order chi connectivity index (χ0) is 42.1. The van der Waals surface area contributed by atoms with Crippen LogP contribution in [0.1, 0.15) is 37.8 Å². The smallest absolute Gasteiger partial charge is 0.407 e. The Morgan fingerprint density at radius 1 is 0.475 bits per heavy atom. The van der Waals surface area contributed by atoms with Crippen LogP contribution in [-0.4, -0.2) is 176 Å². The molecule has 334 valence electrons. The molecule has 0 heterocycles. The highest BCUT2D eigenvalue weighted by Gasteiger charge is 2.29. The predicted molar refractivity (Wildman–Crippen MR) is 218 cm³/mol. The van der Waals surface area contributed by atoms with Gasteiger partial charge >= 0.3 is 12.1 Å². The second kappa shape index (κ2) is 32.5. The Kier molecular flexibility index (Phi) is 27.6. The summed E-state index contributed by atoms with van der Waals surface area (Å²) in [6.07, 6.45) is -0.457. The molecular weight excluding hydrogens is 770 g/mol. The molecule has 0 aliphatic heterocycles. The highest BCUT2D eigenvalue weighted by molar-refractivity contribution is 5.79. The van der Waals surface area contributed by atoms with E-state index in [1.807, 2.05) is 45.0 Å². The molecule has 2 aromatic rings. The number of amides is 1. The molecule has 1 amide bonds. The molecule has 3 rings (SSSR count). The van der Waals surface area contributed by atoms with Gasteiger partial charge in [-0.15, -0.1) is 0 Å². The Bertz CT molecular complexity index is 1330. The van der Waals surface area contributed by atoms with Crippen molar-refractivity contribution in [2.45, 2.75) is 32.3 Å². The van der Waals surface area contributed by atoms with Crippen molar-refractivity contribution in [3.63, 3.8) is 0 Å². The topological polar surface area (TPSA) is 166 Å². The van der Waals surface area contributed by atoms with E-state index in [1.54, 1.807) is 0 Å². The summed E-state index contributed by atoms with van der Waals surface area (Å²) in [6, 6.07) is 16.5. The lowest BCUT2D eigenvalue weighted by Crippen LogP contribution is -2.29. The molecule has 0 spiro atoms. The molecular formula is C43H67NO15. The van der Waals surface area contributed by atoms with Crippen LogP contribution in [0.5, 0.6) is 0 Å². The molecule has 0 fully saturated rings. The zero-order valence-corrected chi connectivity index (χ0v) is 35.3. The van der Waals surface area contributed by atoms with Crippen LogP contribution in [-0.2, 0) is 66.4 Å². The zero-order valence-electron chi connectivity index (χ0n) is 35.3. The van der Waals surface area contributed by atoms with Crippen LogP contribution in [0.2, 0.25) is 0 Å². The molecule has 0 radical (unpaired) electrons. The first-order chi connectivity index (χ1) is 28.8. The Balaban J connectivity index is 0.934. The minimum atomic E-state index is -0.518. The van der Waals surface area contributed by atoms with Crippen LogP contribution >= 0.6 is 0 Å². The monoisotopic (exact) mass is 837 g/mol. The SMILES string of the molecule is CC(C)(C)OC(=O)COCCOCCOCCOCCOCCOCCOCCOCCOCCOCCOCCNC(=O)OCC1c2ccccc2-c2ccccc21. The number of alkyl carbamates (subject to hydrolysis) is 1. The fourth-order valence-corrected chi connectivity index (χ4v) is 5.60. The first-order valence-corrected chi connectivity index (χ1v) is 20.5. The van der Waals surface area contributed by atoms with Gasteiger partial charge in [-0.1, -0.05) is 48.5 Å². The molecule has 0 saturated carbocycles. The minimum Gasteiger partial charge on any atom is -0.458 e. The number of carbonyl (C=O) groups excluding carboxylic acids is 2. The van der Waals surface area contributed by atoms with Gasteiger partial charge in [-0.2, -0.15) is 0 Å². The van der Waals surface area contributed by atoms with Crippen LogP contribution in [0.25, 0.3) is 11.1 Å². The molecule has 2 aromatic carbocycles. The van der Waals surface area contributed by atoms with Gasteiger partial charge in [0.15, 0.2) is 0 Å². The van der Waals surface area contributed by atoms with E-state index in [1.165, 1.54) is 22.3 Å². The molecule has 0 unspecified atom stereocenters. The lowest BCUT2D eigenvalue weighted by atomic mass is 9.98. The Hall–Kier alpha value is -3.26. The first kappa shape index (κ1) is 50.1. The van der Waals surface area contributed by atoms with Crippen molar-refractivity contribution < 1.29 is 71.2 Å². The van der Waals surface area contributed by atoms with E-state index in [0.29, 0.717) is 145 Å². The van der Waals surface area contributed by atoms with Crippen molar-refractivity contribution >= 4 is 12.1 Å². The van der Waals surface area contributed by atoms with E-state index < -0.39 is 17.7 Å². The van der Waals surface area contributed by atoms with Gasteiger partial charge in [0.05, 0.1) is 139 Å². The van der Waals surface area contributed by atoms with Crippen molar-refractivity contribution in [2.24, 2.45) is 0 Å². The molecule has 16 heteroatoms. The molecule has 0 aromatic heterocycles. The second-order valence-corrected chi connectivity index (χ2v) is 14.0. The first-order valence-electron chi connectivity index (χ1n) is 20.5. The Labute approximate surface area is 349 Å². The van der Waals surface area contributed by atoms with E-state index >= 15 is 0 Å². The molecule has 0 bridgehead atoms. The molecule has 59 heavy (non-hydrogen) atoms. The Morgan fingerprint density at radius 2 is 0.797 bits per heavy atom. The van der Waals surface area contributed by atoms with E-state index in [9.17, 15) is 9.59 Å². The van der Waals surface area contributed by atoms with Gasteiger partial charge in [0.25, 0.3) is 0 Å². The quantitative estimate of drug-likeness (QED) is 0.0765. The third kappa shape index (κ3) is 24.6. The number of nitrogens with one attached hydrogen (secondary N) is 1. The van der Waals surface area contributed by atoms with Crippen molar-refractivity contribution in [1.82, 2.24) is 5.32 Å². The maximum Gasteiger partial charge on any atom is 0.407 e. The van der Waals surface area contributed by atoms with Crippen molar-refractivity contribution in [3.05, 3.63) is 59.7 Å². The maximum absolute atomic E-state index is 12.3. The summed E-state index contributed by atoms with van der Waals surface area (Å²) < 4.78 is 70.8. The average Bonchev–Trinajstić information content (AvgIpc) is 3.54. The van der Waals surface area contributed by atoms with Crippen LogP contribution in [0, 0.1) is 0 Å². The summed E-state index contributed by atoms with van der Waals surface area (Å²) in [7, 11) is 0. The molecule has 1 aliphatic rings. The number of ether oxygens (including phenoxy) is 13. The third-order valence-corrected chi connectivity index (χ3v) is 8.22. The maximum atomic E-state index is 12.3. The van der Waals surface area contributed by atoms with Gasteiger partial charge < -0.3 is 66.9 Å². The minimum absolute atomic E-state index is 0.0320. The molecule has 1 aliphatic carbocycles. The highest BCUT2D eigenvalue weighted by Crippen LogP contribution is 2.44. The van der Waals surface area contributed by atoms with E-state index in [4.69, 9.17) is 61.6 Å².